The minimum absolute atomic E-state index is 0.00171. The number of hydrogen-bond acceptors (Lipinski definition) is 2. The average Bonchev–Trinajstić information content (AvgIpc) is 2.81. The van der Waals surface area contributed by atoms with E-state index >= 15 is 0 Å². The number of amides is 3. The predicted molar refractivity (Wildman–Crippen MR) is 46.3 cm³/mol. The molecule has 1 saturated carbocycles. The Labute approximate surface area is 75.8 Å². The van der Waals surface area contributed by atoms with E-state index in [4.69, 9.17) is 0 Å². The Kier molecular flexibility index (Phi) is 1.79. The maximum Gasteiger partial charge on any atom is 0.345 e. The zero-order chi connectivity index (χ0) is 9.42. The molecule has 2 rings (SSSR count). The molecule has 2 aliphatic rings. The number of nitrogens with one attached hydrogen (secondary N) is 1. The van der Waals surface area contributed by atoms with Crippen LogP contribution >= 0.6 is 0 Å². The molecule has 3 amide bonds. The molecule has 1 aliphatic carbocycles. The molecule has 5 nitrogen and oxygen atoms in total. The largest absolute Gasteiger partial charge is 0.345 e. The summed E-state index contributed by atoms with van der Waals surface area (Å²) in [4.78, 5) is 27.3. The third-order valence-corrected chi connectivity index (χ3v) is 2.16. The summed E-state index contributed by atoms with van der Waals surface area (Å²) in [5.41, 5.74) is 0. The van der Waals surface area contributed by atoms with Crippen LogP contribution in [0.5, 0.6) is 0 Å². The fraction of sp³-hybridized carbons (Fsp3) is 0.625. The summed E-state index contributed by atoms with van der Waals surface area (Å²) in [6.07, 6.45) is 1.92. The molecule has 1 N–H and O–H groups in total. The fourth-order valence-corrected chi connectivity index (χ4v) is 1.19. The highest BCUT2D eigenvalue weighted by Gasteiger charge is 2.31. The van der Waals surface area contributed by atoms with Crippen molar-refractivity contribution in [1.29, 1.82) is 0 Å². The zero-order valence-electron chi connectivity index (χ0n) is 7.41. The Morgan fingerprint density at radius 2 is 2.31 bits per heavy atom. The van der Waals surface area contributed by atoms with Gasteiger partial charge in [-0.25, -0.2) is 4.79 Å². The van der Waals surface area contributed by atoms with Gasteiger partial charge in [-0.3, -0.25) is 4.79 Å². The average molecular weight is 181 g/mol. The molecule has 1 fully saturated rings. The summed E-state index contributed by atoms with van der Waals surface area (Å²) in [6.45, 7) is 0.414. The van der Waals surface area contributed by atoms with Gasteiger partial charge in [0, 0.05) is 13.0 Å². The molecule has 13 heavy (non-hydrogen) atoms. The van der Waals surface area contributed by atoms with Gasteiger partial charge in [-0.05, 0) is 12.8 Å². The molecule has 0 aromatic rings. The van der Waals surface area contributed by atoms with Gasteiger partial charge in [-0.15, -0.1) is 0 Å². The van der Waals surface area contributed by atoms with Crippen LogP contribution in [0.1, 0.15) is 12.8 Å². The van der Waals surface area contributed by atoms with Crippen molar-refractivity contribution in [2.75, 3.05) is 13.6 Å². The standard InChI is InChI=1S/C8H11N3O2/c1-11-4-6(10-8(11)13)9-7(12)5-2-3-5/h5H,2-4H2,1H3,(H,9,10,12,13). The van der Waals surface area contributed by atoms with E-state index in [9.17, 15) is 9.59 Å². The Morgan fingerprint density at radius 3 is 2.77 bits per heavy atom. The molecule has 0 bridgehead atoms. The number of nitrogens with zero attached hydrogens (tertiary/aromatic N) is 2. The second kappa shape index (κ2) is 2.83. The summed E-state index contributed by atoms with van der Waals surface area (Å²) in [5, 5.41) is 2.65. The summed E-state index contributed by atoms with van der Waals surface area (Å²) in [6, 6.07) is -0.286. The Hall–Kier alpha value is -1.39. The van der Waals surface area contributed by atoms with E-state index in [1.54, 1.807) is 7.05 Å². The number of amidine groups is 1. The Bertz CT molecular complexity index is 294. The van der Waals surface area contributed by atoms with Gasteiger partial charge in [-0.1, -0.05) is 0 Å². The molecule has 0 saturated heterocycles. The molecule has 70 valence electrons. The summed E-state index contributed by atoms with van der Waals surface area (Å²) in [7, 11) is 1.65. The van der Waals surface area contributed by atoms with Gasteiger partial charge in [0.15, 0.2) is 0 Å². The molecule has 0 aromatic heterocycles. The molecule has 1 heterocycles. The fourth-order valence-electron chi connectivity index (χ4n) is 1.19. The summed E-state index contributed by atoms with van der Waals surface area (Å²) in [5.74, 6) is 0.634. The monoisotopic (exact) mass is 181 g/mol. The van der Waals surface area contributed by atoms with Crippen LogP contribution in [-0.2, 0) is 4.79 Å². The minimum Gasteiger partial charge on any atom is -0.318 e. The third kappa shape index (κ3) is 1.68. The number of hydrogen-bond donors (Lipinski definition) is 1. The van der Waals surface area contributed by atoms with Crippen molar-refractivity contribution < 1.29 is 9.59 Å². The third-order valence-electron chi connectivity index (χ3n) is 2.16. The molecule has 0 spiro atoms. The van der Waals surface area contributed by atoms with E-state index in [1.165, 1.54) is 4.90 Å². The van der Waals surface area contributed by atoms with E-state index in [1.807, 2.05) is 0 Å². The zero-order valence-corrected chi connectivity index (χ0v) is 7.41. The van der Waals surface area contributed by atoms with Crippen molar-refractivity contribution in [2.45, 2.75) is 12.8 Å². The number of likely N-dealkylation sites (N-methyl/N-ethyl adjacent to an activating group) is 1. The number of rotatable bonds is 1. The van der Waals surface area contributed by atoms with Gasteiger partial charge in [0.2, 0.25) is 5.91 Å². The van der Waals surface area contributed by atoms with E-state index in [2.05, 4.69) is 10.3 Å². The van der Waals surface area contributed by atoms with Gasteiger partial charge in [0.25, 0.3) is 0 Å². The second-order valence-corrected chi connectivity index (χ2v) is 3.46. The highest BCUT2D eigenvalue weighted by atomic mass is 16.2. The van der Waals surface area contributed by atoms with E-state index in [0.717, 1.165) is 12.8 Å². The molecular formula is C8H11N3O2. The van der Waals surface area contributed by atoms with Crippen LogP contribution in [0.3, 0.4) is 0 Å². The van der Waals surface area contributed by atoms with Crippen LogP contribution in [0, 0.1) is 5.92 Å². The molecule has 0 radical (unpaired) electrons. The van der Waals surface area contributed by atoms with Crippen molar-refractivity contribution in [3.8, 4) is 0 Å². The lowest BCUT2D eigenvalue weighted by atomic mass is 10.4. The molecule has 1 aliphatic heterocycles. The molecule has 0 aromatic carbocycles. The first kappa shape index (κ1) is 8.22. The first-order valence-corrected chi connectivity index (χ1v) is 4.30. The summed E-state index contributed by atoms with van der Waals surface area (Å²) < 4.78 is 0. The minimum atomic E-state index is -0.286. The van der Waals surface area contributed by atoms with E-state index in [-0.39, 0.29) is 17.9 Å². The topological polar surface area (TPSA) is 61.8 Å². The van der Waals surface area contributed by atoms with Gasteiger partial charge < -0.3 is 10.2 Å². The number of carbonyl (C=O) groups is 2. The first-order valence-electron chi connectivity index (χ1n) is 4.30. The van der Waals surface area contributed by atoms with E-state index < -0.39 is 0 Å². The quantitative estimate of drug-likeness (QED) is 0.617. The lowest BCUT2D eigenvalue weighted by Crippen LogP contribution is -2.35. The highest BCUT2D eigenvalue weighted by molar-refractivity contribution is 6.08. The van der Waals surface area contributed by atoms with Gasteiger partial charge >= 0.3 is 6.03 Å². The maximum atomic E-state index is 11.3. The van der Waals surface area contributed by atoms with Crippen LogP contribution in [0.25, 0.3) is 0 Å². The lowest BCUT2D eigenvalue weighted by molar-refractivity contribution is -0.120. The van der Waals surface area contributed by atoms with Gasteiger partial charge in [0.05, 0.1) is 6.54 Å². The van der Waals surface area contributed by atoms with Crippen LogP contribution in [-0.4, -0.2) is 36.3 Å². The molecule has 5 heteroatoms. The Balaban J connectivity index is 1.92. The maximum absolute atomic E-state index is 11.3. The second-order valence-electron chi connectivity index (χ2n) is 3.46. The number of aliphatic imine (C=N–C) groups is 1. The first-order chi connectivity index (χ1) is 6.16. The smallest absolute Gasteiger partial charge is 0.318 e. The van der Waals surface area contributed by atoms with Crippen LogP contribution in [0.15, 0.2) is 4.99 Å². The van der Waals surface area contributed by atoms with Crippen LogP contribution in [0.2, 0.25) is 0 Å². The molecule has 0 atom stereocenters. The number of urea groups is 1. The highest BCUT2D eigenvalue weighted by Crippen LogP contribution is 2.28. The van der Waals surface area contributed by atoms with Crippen molar-refractivity contribution in [1.82, 2.24) is 10.2 Å². The lowest BCUT2D eigenvalue weighted by Gasteiger charge is -2.05. The van der Waals surface area contributed by atoms with E-state index in [0.29, 0.717) is 12.4 Å². The number of carbonyl (C=O) groups excluding carboxylic acids is 2. The predicted octanol–water partition coefficient (Wildman–Crippen LogP) is -0.0235. The van der Waals surface area contributed by atoms with Crippen LogP contribution in [0.4, 0.5) is 4.79 Å². The van der Waals surface area contributed by atoms with Crippen molar-refractivity contribution in [3.05, 3.63) is 0 Å². The van der Waals surface area contributed by atoms with Gasteiger partial charge in [0.1, 0.15) is 5.84 Å². The molecular weight excluding hydrogens is 170 g/mol. The summed E-state index contributed by atoms with van der Waals surface area (Å²) >= 11 is 0. The van der Waals surface area contributed by atoms with Crippen molar-refractivity contribution >= 4 is 17.8 Å². The van der Waals surface area contributed by atoms with Crippen molar-refractivity contribution in [3.63, 3.8) is 0 Å². The molecule has 0 unspecified atom stereocenters. The van der Waals surface area contributed by atoms with Gasteiger partial charge in [-0.2, -0.15) is 4.99 Å². The SMILES string of the molecule is CN1CC(NC(=O)C2CC2)=NC1=O. The van der Waals surface area contributed by atoms with Crippen molar-refractivity contribution in [2.24, 2.45) is 10.9 Å². The Morgan fingerprint density at radius 1 is 1.62 bits per heavy atom. The normalized spacial score (nSPS) is 21.8. The van der Waals surface area contributed by atoms with Crippen LogP contribution < -0.4 is 5.32 Å².